The van der Waals surface area contributed by atoms with E-state index in [2.05, 4.69) is 26.3 Å². The van der Waals surface area contributed by atoms with Gasteiger partial charge in [0.05, 0.1) is 22.5 Å². The molecule has 1 aliphatic heterocycles. The molecule has 2 aromatic heterocycles. The Morgan fingerprint density at radius 1 is 1.33 bits per heavy atom. The fraction of sp³-hybridized carbons (Fsp3) is 0.412. The van der Waals surface area contributed by atoms with Crippen molar-refractivity contribution >= 4 is 17.2 Å². The standard InChI is InChI=1S/C17H19N5OS/c1-13-14(9-18)3-4-16(20-13)17(23)22-6-2-5-21(7-8-22)10-15-11-24-12-19-15/h3-4,11-12H,2,5-8,10H2,1H3. The summed E-state index contributed by atoms with van der Waals surface area (Å²) in [5.74, 6) is -0.0573. The Labute approximate surface area is 145 Å². The molecule has 1 fully saturated rings. The third-order valence-electron chi connectivity index (χ3n) is 4.17. The van der Waals surface area contributed by atoms with Crippen LogP contribution < -0.4 is 0 Å². The van der Waals surface area contributed by atoms with E-state index in [1.807, 2.05) is 10.4 Å². The van der Waals surface area contributed by atoms with Crippen LogP contribution in [-0.2, 0) is 6.54 Å². The van der Waals surface area contributed by atoms with Crippen LogP contribution in [0.5, 0.6) is 0 Å². The topological polar surface area (TPSA) is 73.1 Å². The number of nitriles is 1. The van der Waals surface area contributed by atoms with Crippen LogP contribution in [0.2, 0.25) is 0 Å². The molecular weight excluding hydrogens is 322 g/mol. The minimum atomic E-state index is -0.0573. The maximum absolute atomic E-state index is 12.7. The second kappa shape index (κ2) is 7.51. The molecule has 1 saturated heterocycles. The fourth-order valence-electron chi connectivity index (χ4n) is 2.84. The summed E-state index contributed by atoms with van der Waals surface area (Å²) >= 11 is 1.61. The van der Waals surface area contributed by atoms with Gasteiger partial charge in [-0.3, -0.25) is 9.69 Å². The van der Waals surface area contributed by atoms with Crippen LogP contribution >= 0.6 is 11.3 Å². The minimum absolute atomic E-state index is 0.0573. The third-order valence-corrected chi connectivity index (χ3v) is 4.81. The maximum Gasteiger partial charge on any atom is 0.272 e. The number of amides is 1. The molecule has 7 heteroatoms. The van der Waals surface area contributed by atoms with Crippen LogP contribution in [-0.4, -0.2) is 51.9 Å². The Balaban J connectivity index is 1.64. The first-order valence-electron chi connectivity index (χ1n) is 7.94. The molecule has 24 heavy (non-hydrogen) atoms. The van der Waals surface area contributed by atoms with Crippen LogP contribution in [0.15, 0.2) is 23.0 Å². The highest BCUT2D eigenvalue weighted by atomic mass is 32.1. The smallest absolute Gasteiger partial charge is 0.272 e. The van der Waals surface area contributed by atoms with E-state index in [1.54, 1.807) is 30.4 Å². The van der Waals surface area contributed by atoms with Gasteiger partial charge in [-0.05, 0) is 25.5 Å². The Hall–Kier alpha value is -2.30. The molecule has 6 nitrogen and oxygen atoms in total. The lowest BCUT2D eigenvalue weighted by Crippen LogP contribution is -2.35. The van der Waals surface area contributed by atoms with E-state index >= 15 is 0 Å². The zero-order valence-electron chi connectivity index (χ0n) is 13.6. The first-order chi connectivity index (χ1) is 11.7. The lowest BCUT2D eigenvalue weighted by atomic mass is 10.2. The zero-order valence-corrected chi connectivity index (χ0v) is 14.4. The largest absolute Gasteiger partial charge is 0.336 e. The molecule has 0 atom stereocenters. The molecule has 0 spiro atoms. The third kappa shape index (κ3) is 3.78. The molecular formula is C17H19N5OS. The van der Waals surface area contributed by atoms with Gasteiger partial charge in [-0.25, -0.2) is 9.97 Å². The number of hydrogen-bond acceptors (Lipinski definition) is 6. The summed E-state index contributed by atoms with van der Waals surface area (Å²) < 4.78 is 0. The summed E-state index contributed by atoms with van der Waals surface area (Å²) in [5, 5.41) is 11.0. The van der Waals surface area contributed by atoms with Gasteiger partial charge in [0.15, 0.2) is 0 Å². The normalized spacial score (nSPS) is 15.8. The van der Waals surface area contributed by atoms with Crippen molar-refractivity contribution in [1.82, 2.24) is 19.8 Å². The summed E-state index contributed by atoms with van der Waals surface area (Å²) in [7, 11) is 0. The molecule has 2 aromatic rings. The van der Waals surface area contributed by atoms with Crippen molar-refractivity contribution in [3.8, 4) is 6.07 Å². The number of carbonyl (C=O) groups is 1. The Kier molecular flexibility index (Phi) is 5.18. The Morgan fingerprint density at radius 3 is 2.92 bits per heavy atom. The molecule has 124 valence electrons. The average molecular weight is 341 g/mol. The monoisotopic (exact) mass is 341 g/mol. The number of carbonyl (C=O) groups excluding carboxylic acids is 1. The van der Waals surface area contributed by atoms with Gasteiger partial charge in [0, 0.05) is 38.1 Å². The van der Waals surface area contributed by atoms with Gasteiger partial charge in [-0.1, -0.05) is 0 Å². The van der Waals surface area contributed by atoms with Gasteiger partial charge in [0.1, 0.15) is 11.8 Å². The molecule has 0 aromatic carbocycles. The van der Waals surface area contributed by atoms with Gasteiger partial charge < -0.3 is 4.90 Å². The van der Waals surface area contributed by atoms with E-state index in [0.717, 1.165) is 38.3 Å². The molecule has 0 bridgehead atoms. The number of hydrogen-bond donors (Lipinski definition) is 0. The number of thiazole rings is 1. The van der Waals surface area contributed by atoms with Crippen LogP contribution in [0.25, 0.3) is 0 Å². The molecule has 0 aliphatic carbocycles. The lowest BCUT2D eigenvalue weighted by molar-refractivity contribution is 0.0755. The first kappa shape index (κ1) is 16.6. The van der Waals surface area contributed by atoms with Crippen molar-refractivity contribution in [2.45, 2.75) is 19.9 Å². The van der Waals surface area contributed by atoms with E-state index in [1.165, 1.54) is 0 Å². The number of aryl methyl sites for hydroxylation is 1. The van der Waals surface area contributed by atoms with Crippen LogP contribution in [0, 0.1) is 18.3 Å². The van der Waals surface area contributed by atoms with Gasteiger partial charge in [-0.15, -0.1) is 11.3 Å². The quantitative estimate of drug-likeness (QED) is 0.854. The lowest BCUT2D eigenvalue weighted by Gasteiger charge is -2.21. The predicted octanol–water partition coefficient (Wildman–Crippen LogP) is 2.07. The van der Waals surface area contributed by atoms with Gasteiger partial charge >= 0.3 is 0 Å². The van der Waals surface area contributed by atoms with Crippen molar-refractivity contribution in [3.63, 3.8) is 0 Å². The van der Waals surface area contributed by atoms with Gasteiger partial charge in [0.25, 0.3) is 5.91 Å². The second-order valence-corrected chi connectivity index (χ2v) is 6.56. The molecule has 0 saturated carbocycles. The van der Waals surface area contributed by atoms with Crippen molar-refractivity contribution < 1.29 is 4.79 Å². The Bertz CT molecular complexity index is 753. The van der Waals surface area contributed by atoms with Crippen molar-refractivity contribution in [2.75, 3.05) is 26.2 Å². The average Bonchev–Trinajstić information content (AvgIpc) is 2.98. The van der Waals surface area contributed by atoms with Crippen molar-refractivity contribution in [1.29, 1.82) is 5.26 Å². The predicted molar refractivity (Wildman–Crippen MR) is 91.6 cm³/mol. The number of nitrogens with zero attached hydrogens (tertiary/aromatic N) is 5. The zero-order chi connectivity index (χ0) is 16.9. The second-order valence-electron chi connectivity index (χ2n) is 5.84. The van der Waals surface area contributed by atoms with E-state index in [4.69, 9.17) is 5.26 Å². The van der Waals surface area contributed by atoms with Crippen molar-refractivity contribution in [2.24, 2.45) is 0 Å². The minimum Gasteiger partial charge on any atom is -0.336 e. The van der Waals surface area contributed by atoms with Crippen LogP contribution in [0.3, 0.4) is 0 Å². The molecule has 0 unspecified atom stereocenters. The number of pyridine rings is 1. The summed E-state index contributed by atoms with van der Waals surface area (Å²) in [6, 6.07) is 5.39. The van der Waals surface area contributed by atoms with Gasteiger partial charge in [0.2, 0.25) is 0 Å². The maximum atomic E-state index is 12.7. The number of rotatable bonds is 3. The van der Waals surface area contributed by atoms with Crippen LogP contribution in [0.4, 0.5) is 0 Å². The van der Waals surface area contributed by atoms with E-state index < -0.39 is 0 Å². The van der Waals surface area contributed by atoms with Crippen molar-refractivity contribution in [3.05, 3.63) is 45.7 Å². The molecule has 0 N–H and O–H groups in total. The van der Waals surface area contributed by atoms with Gasteiger partial charge in [-0.2, -0.15) is 5.26 Å². The van der Waals surface area contributed by atoms with E-state index in [0.29, 0.717) is 23.5 Å². The summed E-state index contributed by atoms with van der Waals surface area (Å²) in [6.45, 7) is 5.80. The highest BCUT2D eigenvalue weighted by Crippen LogP contribution is 2.13. The highest BCUT2D eigenvalue weighted by molar-refractivity contribution is 7.07. The molecule has 0 radical (unpaired) electrons. The van der Waals surface area contributed by atoms with E-state index in [-0.39, 0.29) is 5.91 Å². The summed E-state index contributed by atoms with van der Waals surface area (Å²) in [6.07, 6.45) is 0.936. The molecule has 1 aliphatic rings. The molecule has 3 heterocycles. The molecule has 3 rings (SSSR count). The van der Waals surface area contributed by atoms with E-state index in [9.17, 15) is 4.79 Å². The summed E-state index contributed by atoms with van der Waals surface area (Å²) in [5.41, 5.74) is 4.46. The SMILES string of the molecule is Cc1nc(C(=O)N2CCCN(Cc3cscn3)CC2)ccc1C#N. The highest BCUT2D eigenvalue weighted by Gasteiger charge is 2.22. The number of aromatic nitrogens is 2. The van der Waals surface area contributed by atoms with Crippen LogP contribution in [0.1, 0.15) is 33.9 Å². The fourth-order valence-corrected chi connectivity index (χ4v) is 3.39. The Morgan fingerprint density at radius 2 is 2.21 bits per heavy atom. The molecule has 1 amide bonds. The summed E-state index contributed by atoms with van der Waals surface area (Å²) in [4.78, 5) is 25.5. The first-order valence-corrected chi connectivity index (χ1v) is 8.88.